The van der Waals surface area contributed by atoms with Gasteiger partial charge in [0.25, 0.3) is 5.56 Å². The number of hydrogen-bond acceptors (Lipinski definition) is 7. The number of hydrogen-bond donors (Lipinski definition) is 1. The minimum Gasteiger partial charge on any atom is -0.376 e. The summed E-state index contributed by atoms with van der Waals surface area (Å²) in [5.74, 6) is 0.694. The van der Waals surface area contributed by atoms with Crippen LogP contribution in [0, 0.1) is 27.7 Å². The van der Waals surface area contributed by atoms with Crippen molar-refractivity contribution in [2.24, 2.45) is 0 Å². The first kappa shape index (κ1) is 25.7. The molecule has 9 heteroatoms. The van der Waals surface area contributed by atoms with E-state index in [1.807, 2.05) is 10.7 Å². The smallest absolute Gasteiger partial charge is 0.253 e. The van der Waals surface area contributed by atoms with Gasteiger partial charge in [0.2, 0.25) is 0 Å². The predicted molar refractivity (Wildman–Crippen MR) is 152 cm³/mol. The maximum Gasteiger partial charge on any atom is 0.253 e. The van der Waals surface area contributed by atoms with Gasteiger partial charge in [-0.15, -0.1) is 5.10 Å². The van der Waals surface area contributed by atoms with Crippen molar-refractivity contribution in [2.45, 2.75) is 59.2 Å². The van der Waals surface area contributed by atoms with Gasteiger partial charge in [-0.25, -0.2) is 4.68 Å². The number of benzene rings is 2. The Morgan fingerprint density at radius 3 is 2.56 bits per heavy atom. The first-order valence-electron chi connectivity index (χ1n) is 14.0. The molecule has 0 aliphatic carbocycles. The maximum atomic E-state index is 13.6. The van der Waals surface area contributed by atoms with Crippen molar-refractivity contribution in [1.29, 1.82) is 0 Å². The van der Waals surface area contributed by atoms with Crippen LogP contribution in [0.2, 0.25) is 0 Å². The van der Waals surface area contributed by atoms with E-state index in [-0.39, 0.29) is 17.7 Å². The molecule has 0 spiro atoms. The van der Waals surface area contributed by atoms with Gasteiger partial charge >= 0.3 is 0 Å². The molecule has 0 saturated carbocycles. The lowest BCUT2D eigenvalue weighted by Gasteiger charge is -2.40. The summed E-state index contributed by atoms with van der Waals surface area (Å²) < 4.78 is 7.75. The normalized spacial score (nSPS) is 19.2. The zero-order chi connectivity index (χ0) is 27.1. The molecule has 204 valence electrons. The quantitative estimate of drug-likeness (QED) is 0.407. The lowest BCUT2D eigenvalue weighted by atomic mass is 10.00. The molecule has 2 fully saturated rings. The Balaban J connectivity index is 1.38. The van der Waals surface area contributed by atoms with Crippen LogP contribution in [0.4, 0.5) is 5.69 Å². The van der Waals surface area contributed by atoms with Gasteiger partial charge in [-0.2, -0.15) is 0 Å². The average molecular weight is 528 g/mol. The average Bonchev–Trinajstić information content (AvgIpc) is 3.61. The summed E-state index contributed by atoms with van der Waals surface area (Å²) in [5.41, 5.74) is 7.61. The molecular formula is C30H37N7O2. The van der Waals surface area contributed by atoms with Crippen LogP contribution >= 0.6 is 0 Å². The number of nitrogens with one attached hydrogen (secondary N) is 1. The van der Waals surface area contributed by atoms with E-state index < -0.39 is 0 Å². The zero-order valence-electron chi connectivity index (χ0n) is 23.3. The topological polar surface area (TPSA) is 92.2 Å². The molecule has 2 aromatic carbocycles. The van der Waals surface area contributed by atoms with Crippen LogP contribution < -0.4 is 10.5 Å². The Morgan fingerprint density at radius 2 is 1.79 bits per heavy atom. The van der Waals surface area contributed by atoms with E-state index in [1.54, 1.807) is 0 Å². The second-order valence-corrected chi connectivity index (χ2v) is 11.1. The second-order valence-electron chi connectivity index (χ2n) is 11.1. The molecular weight excluding hydrogens is 490 g/mol. The van der Waals surface area contributed by atoms with Crippen molar-refractivity contribution in [3.63, 3.8) is 0 Å². The Bertz CT molecular complexity index is 1540. The molecule has 6 rings (SSSR count). The van der Waals surface area contributed by atoms with Crippen LogP contribution in [-0.2, 0) is 11.3 Å². The lowest BCUT2D eigenvalue weighted by molar-refractivity contribution is 0.0906. The fourth-order valence-corrected chi connectivity index (χ4v) is 6.00. The third-order valence-electron chi connectivity index (χ3n) is 8.37. The molecule has 2 saturated heterocycles. The summed E-state index contributed by atoms with van der Waals surface area (Å²) in [5, 5.41) is 13.9. The van der Waals surface area contributed by atoms with E-state index in [1.165, 1.54) is 22.4 Å². The molecule has 2 aromatic heterocycles. The van der Waals surface area contributed by atoms with E-state index in [2.05, 4.69) is 88.3 Å². The molecule has 9 nitrogen and oxygen atoms in total. The number of H-pyrrole nitrogens is 1. The molecule has 2 aliphatic heterocycles. The summed E-state index contributed by atoms with van der Waals surface area (Å²) in [4.78, 5) is 21.6. The van der Waals surface area contributed by atoms with E-state index in [4.69, 9.17) is 4.74 Å². The van der Waals surface area contributed by atoms with Crippen LogP contribution in [0.25, 0.3) is 10.9 Å². The van der Waals surface area contributed by atoms with Crippen molar-refractivity contribution in [1.82, 2.24) is 30.1 Å². The number of aromatic amines is 1. The van der Waals surface area contributed by atoms with Crippen LogP contribution in [0.15, 0.2) is 41.2 Å². The first-order chi connectivity index (χ1) is 18.9. The summed E-state index contributed by atoms with van der Waals surface area (Å²) in [7, 11) is 0. The largest absolute Gasteiger partial charge is 0.376 e. The molecule has 4 aromatic rings. The molecule has 2 atom stereocenters. The number of rotatable bonds is 6. The molecule has 39 heavy (non-hydrogen) atoms. The highest BCUT2D eigenvalue weighted by molar-refractivity contribution is 5.81. The van der Waals surface area contributed by atoms with Crippen LogP contribution in [0.5, 0.6) is 0 Å². The summed E-state index contributed by atoms with van der Waals surface area (Å²) in [6.07, 6.45) is 2.14. The molecule has 2 aliphatic rings. The minimum absolute atomic E-state index is 0.0922. The van der Waals surface area contributed by atoms with Crippen LogP contribution in [0.3, 0.4) is 0 Å². The first-order valence-corrected chi connectivity index (χ1v) is 14.0. The van der Waals surface area contributed by atoms with Crippen molar-refractivity contribution in [3.8, 4) is 0 Å². The van der Waals surface area contributed by atoms with Crippen LogP contribution in [0.1, 0.15) is 52.5 Å². The second kappa shape index (κ2) is 10.5. The fraction of sp³-hybridized carbons (Fsp3) is 0.467. The highest BCUT2D eigenvalue weighted by Crippen LogP contribution is 2.31. The number of tetrazole rings is 1. The molecule has 0 amide bonds. The van der Waals surface area contributed by atoms with Gasteiger partial charge in [-0.3, -0.25) is 9.69 Å². The van der Waals surface area contributed by atoms with Crippen molar-refractivity contribution in [3.05, 3.63) is 80.4 Å². The number of nitrogens with zero attached hydrogens (tertiary/aromatic N) is 6. The third kappa shape index (κ3) is 5.08. The van der Waals surface area contributed by atoms with Gasteiger partial charge in [0.05, 0.1) is 12.6 Å². The number of aromatic nitrogens is 5. The third-order valence-corrected chi connectivity index (χ3v) is 8.37. The number of aryl methyl sites for hydroxylation is 4. The van der Waals surface area contributed by atoms with E-state index in [0.717, 1.165) is 62.1 Å². The van der Waals surface area contributed by atoms with E-state index >= 15 is 0 Å². The Morgan fingerprint density at radius 1 is 1.00 bits per heavy atom. The Hall–Kier alpha value is -3.56. The number of pyridine rings is 1. The SMILES string of the molecule is Cc1ccc(C)c(N2CCN([C@@H](c3cc4cc(C)c(C)cc4[nH]c3=O)c3nnnn3C[C@@H]3CCCO3)CC2)c1. The molecule has 4 heterocycles. The highest BCUT2D eigenvalue weighted by Gasteiger charge is 2.34. The Kier molecular flexibility index (Phi) is 6.95. The molecule has 0 unspecified atom stereocenters. The van der Waals surface area contributed by atoms with Crippen molar-refractivity contribution in [2.75, 3.05) is 37.7 Å². The molecule has 1 N–H and O–H groups in total. The Labute approximate surface area is 228 Å². The molecule has 0 radical (unpaired) electrons. The van der Waals surface area contributed by atoms with Gasteiger partial charge in [-0.1, -0.05) is 12.1 Å². The van der Waals surface area contributed by atoms with Gasteiger partial charge in [0.1, 0.15) is 6.04 Å². The lowest BCUT2D eigenvalue weighted by Crippen LogP contribution is -2.49. The number of piperazine rings is 1. The van der Waals surface area contributed by atoms with E-state index in [0.29, 0.717) is 17.9 Å². The van der Waals surface area contributed by atoms with Gasteiger partial charge in [-0.05, 0) is 103 Å². The highest BCUT2D eigenvalue weighted by atomic mass is 16.5. The zero-order valence-corrected chi connectivity index (χ0v) is 23.3. The van der Waals surface area contributed by atoms with Gasteiger partial charge in [0, 0.05) is 49.6 Å². The predicted octanol–water partition coefficient (Wildman–Crippen LogP) is 3.84. The number of anilines is 1. The summed E-state index contributed by atoms with van der Waals surface area (Å²) >= 11 is 0. The van der Waals surface area contributed by atoms with Crippen molar-refractivity contribution >= 4 is 16.6 Å². The number of fused-ring (bicyclic) bond motifs is 1. The van der Waals surface area contributed by atoms with E-state index in [9.17, 15) is 4.79 Å². The van der Waals surface area contributed by atoms with Crippen LogP contribution in [-0.4, -0.2) is 69.0 Å². The molecule has 0 bridgehead atoms. The van der Waals surface area contributed by atoms with Gasteiger partial charge < -0.3 is 14.6 Å². The summed E-state index contributed by atoms with van der Waals surface area (Å²) in [6, 6.07) is 12.5. The fourth-order valence-electron chi connectivity index (χ4n) is 6.00. The number of ether oxygens (including phenoxy) is 1. The van der Waals surface area contributed by atoms with Crippen molar-refractivity contribution < 1.29 is 4.74 Å². The van der Waals surface area contributed by atoms with Gasteiger partial charge in [0.15, 0.2) is 5.82 Å². The summed E-state index contributed by atoms with van der Waals surface area (Å²) in [6.45, 7) is 13.1. The standard InChI is InChI=1S/C30H37N7O2/c1-19-7-8-20(2)27(14-19)35-9-11-36(12-10-35)28(29-32-33-34-37(29)18-24-6-5-13-39-24)25-17-23-15-21(3)22(4)16-26(23)31-30(25)38/h7-8,14-17,24,28H,5-6,9-13,18H2,1-4H3,(H,31,38)/t24-,28-/m0/s1. The maximum absolute atomic E-state index is 13.6. The monoisotopic (exact) mass is 527 g/mol. The minimum atomic E-state index is -0.364.